The third kappa shape index (κ3) is 3.27. The van der Waals surface area contributed by atoms with Crippen LogP contribution in [0, 0.1) is 24.2 Å². The molecule has 1 aliphatic carbocycles. The Morgan fingerprint density at radius 2 is 2.05 bits per heavy atom. The summed E-state index contributed by atoms with van der Waals surface area (Å²) >= 11 is 1.55. The Labute approximate surface area is 128 Å². The monoisotopic (exact) mass is 299 g/mol. The first-order chi connectivity index (χ1) is 10.3. The maximum Gasteiger partial charge on any atom is 0.276 e. The third-order valence-electron chi connectivity index (χ3n) is 3.99. The molecule has 5 heteroatoms. The number of rotatable bonds is 3. The van der Waals surface area contributed by atoms with Gasteiger partial charge >= 0.3 is 0 Å². The van der Waals surface area contributed by atoms with E-state index in [2.05, 4.69) is 40.5 Å². The van der Waals surface area contributed by atoms with Crippen LogP contribution in [0.3, 0.4) is 0 Å². The van der Waals surface area contributed by atoms with Crippen molar-refractivity contribution in [3.63, 3.8) is 0 Å². The zero-order valence-electron chi connectivity index (χ0n) is 11.9. The lowest BCUT2D eigenvalue weighted by atomic mass is 9.79. The summed E-state index contributed by atoms with van der Waals surface area (Å²) in [6, 6.07) is 13.0. The van der Waals surface area contributed by atoms with Crippen LogP contribution in [0.4, 0.5) is 0 Å². The van der Waals surface area contributed by atoms with E-state index in [1.54, 1.807) is 18.7 Å². The molecule has 3 atom stereocenters. The Hall–Kier alpha value is -1.80. The highest BCUT2D eigenvalue weighted by atomic mass is 32.2. The number of thioether (sulfide) groups is 1. The lowest BCUT2D eigenvalue weighted by Crippen LogP contribution is -2.25. The molecule has 1 heterocycles. The standard InChI is InChI=1S/C16H17N3OS/c1-11-18-19-16(20-11)21-15-9-13(7-8-14(15)10-17)12-5-3-2-4-6-12/h2-6,13-15H,7-9H2,1H3. The quantitative estimate of drug-likeness (QED) is 0.858. The summed E-state index contributed by atoms with van der Waals surface area (Å²) < 4.78 is 5.45. The van der Waals surface area contributed by atoms with Crippen LogP contribution >= 0.6 is 11.8 Å². The molecule has 1 fully saturated rings. The summed E-state index contributed by atoms with van der Waals surface area (Å²) in [6.07, 6.45) is 2.98. The largest absolute Gasteiger partial charge is 0.416 e. The van der Waals surface area contributed by atoms with Crippen molar-refractivity contribution in [3.8, 4) is 6.07 Å². The van der Waals surface area contributed by atoms with Gasteiger partial charge in [0.05, 0.1) is 12.0 Å². The van der Waals surface area contributed by atoms with Gasteiger partial charge in [0.15, 0.2) is 0 Å². The van der Waals surface area contributed by atoms with Gasteiger partial charge in [-0.25, -0.2) is 0 Å². The van der Waals surface area contributed by atoms with Gasteiger partial charge in [-0.3, -0.25) is 0 Å². The van der Waals surface area contributed by atoms with Gasteiger partial charge in [-0.2, -0.15) is 5.26 Å². The zero-order chi connectivity index (χ0) is 14.7. The molecule has 0 radical (unpaired) electrons. The first kappa shape index (κ1) is 14.2. The van der Waals surface area contributed by atoms with Gasteiger partial charge in [-0.15, -0.1) is 10.2 Å². The minimum atomic E-state index is 0.0576. The van der Waals surface area contributed by atoms with Gasteiger partial charge in [0, 0.05) is 12.2 Å². The van der Waals surface area contributed by atoms with Crippen molar-refractivity contribution in [2.24, 2.45) is 5.92 Å². The van der Waals surface area contributed by atoms with Gasteiger partial charge in [-0.1, -0.05) is 42.1 Å². The van der Waals surface area contributed by atoms with Crippen LogP contribution in [-0.2, 0) is 0 Å². The number of hydrogen-bond donors (Lipinski definition) is 0. The first-order valence-corrected chi connectivity index (χ1v) is 8.05. The molecular weight excluding hydrogens is 282 g/mol. The van der Waals surface area contributed by atoms with Crippen molar-refractivity contribution >= 4 is 11.8 Å². The van der Waals surface area contributed by atoms with Crippen molar-refractivity contribution in [2.75, 3.05) is 0 Å². The Bertz CT molecular complexity index is 634. The van der Waals surface area contributed by atoms with Crippen LogP contribution in [-0.4, -0.2) is 15.4 Å². The third-order valence-corrected chi connectivity index (χ3v) is 5.18. The van der Waals surface area contributed by atoms with Crippen LogP contribution in [0.5, 0.6) is 0 Å². The fraction of sp³-hybridized carbons (Fsp3) is 0.438. The molecule has 3 unspecified atom stereocenters. The molecule has 108 valence electrons. The molecule has 1 aliphatic rings. The second-order valence-corrected chi connectivity index (χ2v) is 6.59. The molecule has 1 saturated carbocycles. The Balaban J connectivity index is 1.74. The molecule has 0 bridgehead atoms. The van der Waals surface area contributed by atoms with E-state index in [0.29, 0.717) is 17.0 Å². The highest BCUT2D eigenvalue weighted by Crippen LogP contribution is 2.43. The normalized spacial score (nSPS) is 25.4. The molecule has 0 saturated heterocycles. The molecule has 0 amide bonds. The molecule has 4 nitrogen and oxygen atoms in total. The second-order valence-electron chi connectivity index (χ2n) is 5.40. The van der Waals surface area contributed by atoms with Crippen molar-refractivity contribution < 1.29 is 4.42 Å². The number of hydrogen-bond acceptors (Lipinski definition) is 5. The van der Waals surface area contributed by atoms with Crippen molar-refractivity contribution in [1.29, 1.82) is 5.26 Å². The van der Waals surface area contributed by atoms with Crippen LogP contribution in [0.2, 0.25) is 0 Å². The zero-order valence-corrected chi connectivity index (χ0v) is 12.7. The summed E-state index contributed by atoms with van der Waals surface area (Å²) in [5, 5.41) is 18.1. The summed E-state index contributed by atoms with van der Waals surface area (Å²) in [6.45, 7) is 1.78. The van der Waals surface area contributed by atoms with E-state index >= 15 is 0 Å². The molecule has 1 aromatic heterocycles. The number of aromatic nitrogens is 2. The lowest BCUT2D eigenvalue weighted by Gasteiger charge is -2.31. The summed E-state index contributed by atoms with van der Waals surface area (Å²) in [5.41, 5.74) is 1.36. The van der Waals surface area contributed by atoms with E-state index in [1.165, 1.54) is 5.56 Å². The molecule has 0 N–H and O–H groups in total. The highest BCUT2D eigenvalue weighted by molar-refractivity contribution is 7.99. The summed E-state index contributed by atoms with van der Waals surface area (Å²) in [7, 11) is 0. The van der Waals surface area contributed by atoms with Crippen LogP contribution in [0.25, 0.3) is 0 Å². The minimum absolute atomic E-state index is 0.0576. The molecule has 21 heavy (non-hydrogen) atoms. The number of nitriles is 1. The summed E-state index contributed by atoms with van der Waals surface area (Å²) in [4.78, 5) is 0. The smallest absolute Gasteiger partial charge is 0.276 e. The van der Waals surface area contributed by atoms with Crippen LogP contribution in [0.15, 0.2) is 40.0 Å². The Morgan fingerprint density at radius 1 is 1.24 bits per heavy atom. The Kier molecular flexibility index (Phi) is 4.26. The van der Waals surface area contributed by atoms with Crippen molar-refractivity contribution in [2.45, 2.75) is 42.6 Å². The van der Waals surface area contributed by atoms with Gasteiger partial charge in [0.1, 0.15) is 0 Å². The van der Waals surface area contributed by atoms with E-state index < -0.39 is 0 Å². The molecule has 0 spiro atoms. The summed E-state index contributed by atoms with van der Waals surface area (Å²) in [5.74, 6) is 1.14. The number of benzene rings is 1. The number of aryl methyl sites for hydroxylation is 1. The average molecular weight is 299 g/mol. The molecule has 3 rings (SSSR count). The van der Waals surface area contributed by atoms with Gasteiger partial charge < -0.3 is 4.42 Å². The second kappa shape index (κ2) is 6.31. The topological polar surface area (TPSA) is 62.7 Å². The molecule has 2 aromatic rings. The predicted molar refractivity (Wildman–Crippen MR) is 80.8 cm³/mol. The SMILES string of the molecule is Cc1nnc(SC2CC(c3ccccc3)CCC2C#N)o1. The highest BCUT2D eigenvalue weighted by Gasteiger charge is 2.33. The molecule has 1 aromatic carbocycles. The van der Waals surface area contributed by atoms with Crippen LogP contribution in [0.1, 0.15) is 36.6 Å². The number of nitrogens with zero attached hydrogens (tertiary/aromatic N) is 3. The van der Waals surface area contributed by atoms with Crippen molar-refractivity contribution in [3.05, 3.63) is 41.8 Å². The maximum absolute atomic E-state index is 9.37. The van der Waals surface area contributed by atoms with Gasteiger partial charge in [-0.05, 0) is 30.7 Å². The van der Waals surface area contributed by atoms with Gasteiger partial charge in [0.25, 0.3) is 5.22 Å². The lowest BCUT2D eigenvalue weighted by molar-refractivity contribution is 0.385. The molecule has 0 aliphatic heterocycles. The fourth-order valence-electron chi connectivity index (χ4n) is 2.89. The van der Waals surface area contributed by atoms with E-state index in [4.69, 9.17) is 4.42 Å². The fourth-order valence-corrected chi connectivity index (χ4v) is 4.10. The minimum Gasteiger partial charge on any atom is -0.416 e. The van der Waals surface area contributed by atoms with Gasteiger partial charge in [0.2, 0.25) is 5.89 Å². The van der Waals surface area contributed by atoms with E-state index in [0.717, 1.165) is 19.3 Å². The van der Waals surface area contributed by atoms with Crippen LogP contribution < -0.4 is 0 Å². The first-order valence-electron chi connectivity index (χ1n) is 7.17. The maximum atomic E-state index is 9.37. The predicted octanol–water partition coefficient (Wildman–Crippen LogP) is 3.95. The van der Waals surface area contributed by atoms with E-state index in [1.807, 2.05) is 6.07 Å². The average Bonchev–Trinajstić information content (AvgIpc) is 2.93. The molecular formula is C16H17N3OS. The van der Waals surface area contributed by atoms with E-state index in [9.17, 15) is 5.26 Å². The Morgan fingerprint density at radius 3 is 2.71 bits per heavy atom. The van der Waals surface area contributed by atoms with Crippen molar-refractivity contribution in [1.82, 2.24) is 10.2 Å². The van der Waals surface area contributed by atoms with E-state index in [-0.39, 0.29) is 11.2 Å².